The largest absolute Gasteiger partial charge is 0.442 e. The molecule has 3 rings (SSSR count). The van der Waals surface area contributed by atoms with Gasteiger partial charge >= 0.3 is 18.5 Å². The molecule has 0 unspecified atom stereocenters. The minimum Gasteiger partial charge on any atom is -0.442 e. The van der Waals surface area contributed by atoms with Gasteiger partial charge in [0.1, 0.15) is 11.8 Å². The number of cyclic esters (lactones) is 1. The van der Waals surface area contributed by atoms with E-state index in [0.29, 0.717) is 5.13 Å². The molecular formula is C21H24F4N6O5S. The number of likely N-dealkylation sites (N-methyl/N-ethyl adjacent to an activating group) is 1. The average Bonchev–Trinajstić information content (AvgIpc) is 3.50. The molecule has 2 N–H and O–H groups in total. The van der Waals surface area contributed by atoms with Gasteiger partial charge in [-0.15, -0.1) is 11.3 Å². The van der Waals surface area contributed by atoms with Crippen LogP contribution in [0.2, 0.25) is 0 Å². The summed E-state index contributed by atoms with van der Waals surface area (Å²) in [5.41, 5.74) is -0.528. The van der Waals surface area contributed by atoms with Gasteiger partial charge in [-0.3, -0.25) is 19.8 Å². The standard InChI is InChI=1S/C21H24F4N6O5S/c1-3-29(5-6-31(35-2)20(33)28-19-26-4-7-37-19)16-14(22)8-12(9-15(16)23)30-11-13(36-21(30)34)10-27-18(32)17(24)25/h4,7-9,13,17H,3,5-6,10-11H2,1-2H3,(H,27,32)(H,26,28,33)/t13-/m0/s1. The number of benzene rings is 1. The Kier molecular flexibility index (Phi) is 9.46. The summed E-state index contributed by atoms with van der Waals surface area (Å²) < 4.78 is 59.7. The number of anilines is 3. The maximum atomic E-state index is 15.1. The second kappa shape index (κ2) is 12.5. The van der Waals surface area contributed by atoms with Crippen molar-refractivity contribution < 1.29 is 41.5 Å². The fourth-order valence-electron chi connectivity index (χ4n) is 3.49. The SMILES string of the molecule is CCN(CCN(OC)C(=O)Nc1nccs1)c1c(F)cc(N2C[C@H](CNC(=O)C(F)F)OC2=O)cc1F. The van der Waals surface area contributed by atoms with Crippen LogP contribution in [0.1, 0.15) is 6.92 Å². The lowest BCUT2D eigenvalue weighted by atomic mass is 10.2. The summed E-state index contributed by atoms with van der Waals surface area (Å²) in [6, 6.07) is 1.26. The summed E-state index contributed by atoms with van der Waals surface area (Å²) in [7, 11) is 1.27. The van der Waals surface area contributed by atoms with Crippen LogP contribution in [0.25, 0.3) is 0 Å². The summed E-state index contributed by atoms with van der Waals surface area (Å²) >= 11 is 1.21. The number of aromatic nitrogens is 1. The molecule has 2 aromatic rings. The van der Waals surface area contributed by atoms with Crippen LogP contribution in [-0.2, 0) is 14.4 Å². The van der Waals surface area contributed by atoms with Crippen LogP contribution in [0, 0.1) is 11.6 Å². The Hall–Kier alpha value is -3.66. The van der Waals surface area contributed by atoms with Crippen LogP contribution in [-0.4, -0.2) is 80.4 Å². The van der Waals surface area contributed by atoms with E-state index in [1.54, 1.807) is 12.3 Å². The molecule has 4 amide bonds. The second-order valence-electron chi connectivity index (χ2n) is 7.55. The number of hydrogen-bond donors (Lipinski definition) is 2. The van der Waals surface area contributed by atoms with Gasteiger partial charge in [0.05, 0.1) is 32.4 Å². The molecule has 1 saturated heterocycles. The molecule has 11 nitrogen and oxygen atoms in total. The van der Waals surface area contributed by atoms with E-state index in [0.717, 1.165) is 22.1 Å². The van der Waals surface area contributed by atoms with E-state index in [4.69, 9.17) is 9.57 Å². The van der Waals surface area contributed by atoms with Crippen LogP contribution in [0.4, 0.5) is 43.7 Å². The van der Waals surface area contributed by atoms with Gasteiger partial charge in [-0.1, -0.05) is 0 Å². The lowest BCUT2D eigenvalue weighted by Gasteiger charge is -2.28. The van der Waals surface area contributed by atoms with Crippen LogP contribution >= 0.6 is 11.3 Å². The summed E-state index contributed by atoms with van der Waals surface area (Å²) in [6.07, 6.45) is -3.65. The third kappa shape index (κ3) is 6.97. The number of nitrogens with zero attached hydrogens (tertiary/aromatic N) is 4. The molecule has 1 aliphatic heterocycles. The maximum absolute atomic E-state index is 15.1. The van der Waals surface area contributed by atoms with Crippen molar-refractivity contribution in [3.8, 4) is 0 Å². The number of amides is 4. The number of halogens is 4. The van der Waals surface area contributed by atoms with Gasteiger partial charge in [-0.2, -0.15) is 8.78 Å². The first-order valence-electron chi connectivity index (χ1n) is 10.9. The Morgan fingerprint density at radius 1 is 1.30 bits per heavy atom. The van der Waals surface area contributed by atoms with Crippen LogP contribution in [0.15, 0.2) is 23.7 Å². The van der Waals surface area contributed by atoms with Crippen LogP contribution in [0.3, 0.4) is 0 Å². The number of carbonyl (C=O) groups is 3. The van der Waals surface area contributed by atoms with Crippen molar-refractivity contribution in [1.29, 1.82) is 0 Å². The Labute approximate surface area is 212 Å². The summed E-state index contributed by atoms with van der Waals surface area (Å²) in [6.45, 7) is 1.19. The van der Waals surface area contributed by atoms with Gasteiger partial charge in [0.2, 0.25) is 0 Å². The maximum Gasteiger partial charge on any atom is 0.414 e. The van der Waals surface area contributed by atoms with Crippen molar-refractivity contribution in [1.82, 2.24) is 15.4 Å². The Morgan fingerprint density at radius 2 is 2.00 bits per heavy atom. The van der Waals surface area contributed by atoms with E-state index >= 15 is 8.78 Å². The molecule has 202 valence electrons. The van der Waals surface area contributed by atoms with E-state index in [1.165, 1.54) is 29.5 Å². The molecule has 0 bridgehead atoms. The highest BCUT2D eigenvalue weighted by Gasteiger charge is 2.34. The zero-order valence-electron chi connectivity index (χ0n) is 19.7. The first-order valence-corrected chi connectivity index (χ1v) is 11.8. The second-order valence-corrected chi connectivity index (χ2v) is 8.45. The number of urea groups is 1. The molecule has 0 saturated carbocycles. The number of hydrogen-bond acceptors (Lipinski definition) is 8. The number of alkyl halides is 2. The van der Waals surface area contributed by atoms with Gasteiger partial charge in [0.15, 0.2) is 16.8 Å². The Morgan fingerprint density at radius 3 is 2.57 bits per heavy atom. The molecule has 37 heavy (non-hydrogen) atoms. The zero-order valence-corrected chi connectivity index (χ0v) is 20.6. The first-order chi connectivity index (χ1) is 17.6. The van der Waals surface area contributed by atoms with E-state index in [-0.39, 0.29) is 44.1 Å². The van der Waals surface area contributed by atoms with Crippen molar-refractivity contribution in [2.24, 2.45) is 0 Å². The number of ether oxygens (including phenoxy) is 1. The van der Waals surface area contributed by atoms with Crippen LogP contribution in [0.5, 0.6) is 0 Å². The number of nitrogens with one attached hydrogen (secondary N) is 2. The quantitative estimate of drug-likeness (QED) is 0.328. The van der Waals surface area contributed by atoms with Gasteiger partial charge in [0.25, 0.3) is 5.91 Å². The third-order valence-corrected chi connectivity index (χ3v) is 5.94. The highest BCUT2D eigenvalue weighted by Crippen LogP contribution is 2.31. The smallest absolute Gasteiger partial charge is 0.414 e. The third-order valence-electron chi connectivity index (χ3n) is 5.25. The lowest BCUT2D eigenvalue weighted by molar-refractivity contribution is -0.132. The minimum absolute atomic E-state index is 0.000477. The molecular weight excluding hydrogens is 524 g/mol. The monoisotopic (exact) mass is 548 g/mol. The number of carbonyl (C=O) groups excluding carboxylic acids is 3. The highest BCUT2D eigenvalue weighted by atomic mass is 32.1. The Bertz CT molecular complexity index is 1090. The van der Waals surface area contributed by atoms with Gasteiger partial charge in [0, 0.05) is 36.8 Å². The average molecular weight is 549 g/mol. The zero-order chi connectivity index (χ0) is 27.1. The normalized spacial score (nSPS) is 15.1. The molecule has 0 aliphatic carbocycles. The van der Waals surface area contributed by atoms with E-state index < -0.39 is 42.2 Å². The molecule has 1 aliphatic rings. The van der Waals surface area contributed by atoms with Crippen molar-refractivity contribution in [2.75, 3.05) is 55.0 Å². The Balaban J connectivity index is 1.66. The predicted octanol–water partition coefficient (Wildman–Crippen LogP) is 3.05. The van der Waals surface area contributed by atoms with Crippen molar-refractivity contribution >= 4 is 45.9 Å². The molecule has 1 aromatic carbocycles. The van der Waals surface area contributed by atoms with Crippen molar-refractivity contribution in [2.45, 2.75) is 19.5 Å². The number of rotatable bonds is 11. The summed E-state index contributed by atoms with van der Waals surface area (Å²) in [5, 5.41) is 7.46. The van der Waals surface area contributed by atoms with Crippen molar-refractivity contribution in [3.63, 3.8) is 0 Å². The minimum atomic E-state index is -3.23. The molecule has 1 atom stereocenters. The molecule has 2 heterocycles. The topological polar surface area (TPSA) is 116 Å². The first kappa shape index (κ1) is 27.9. The highest BCUT2D eigenvalue weighted by molar-refractivity contribution is 7.13. The number of hydroxylamine groups is 2. The van der Waals surface area contributed by atoms with Gasteiger partial charge in [-0.25, -0.2) is 28.4 Å². The lowest BCUT2D eigenvalue weighted by Crippen LogP contribution is -2.40. The van der Waals surface area contributed by atoms with E-state index in [2.05, 4.69) is 10.3 Å². The molecule has 0 radical (unpaired) electrons. The predicted molar refractivity (Wildman–Crippen MR) is 126 cm³/mol. The molecule has 16 heteroatoms. The van der Waals surface area contributed by atoms with E-state index in [9.17, 15) is 23.2 Å². The molecule has 1 aromatic heterocycles. The molecule has 0 spiro atoms. The number of thiazole rings is 1. The van der Waals surface area contributed by atoms with Gasteiger partial charge in [-0.05, 0) is 6.92 Å². The fourth-order valence-corrected chi connectivity index (χ4v) is 4.01. The molecule has 1 fully saturated rings. The summed E-state index contributed by atoms with van der Waals surface area (Å²) in [4.78, 5) is 46.8. The van der Waals surface area contributed by atoms with E-state index in [1.807, 2.05) is 5.32 Å². The van der Waals surface area contributed by atoms with Crippen molar-refractivity contribution in [3.05, 3.63) is 35.3 Å². The van der Waals surface area contributed by atoms with Gasteiger partial charge < -0.3 is 15.0 Å². The fraction of sp³-hybridized carbons (Fsp3) is 0.429. The van der Waals surface area contributed by atoms with Crippen LogP contribution < -0.4 is 20.4 Å². The summed E-state index contributed by atoms with van der Waals surface area (Å²) in [5.74, 6) is -3.48.